The van der Waals surface area contributed by atoms with Crippen LogP contribution in [0.4, 0.5) is 5.69 Å². The number of anilines is 1. The molecule has 5 nitrogen and oxygen atoms in total. The molecule has 0 radical (unpaired) electrons. The van der Waals surface area contributed by atoms with Crippen molar-refractivity contribution in [3.8, 4) is 10.6 Å². The van der Waals surface area contributed by atoms with Crippen LogP contribution < -0.4 is 5.32 Å². The van der Waals surface area contributed by atoms with E-state index in [1.165, 1.54) is 11.3 Å². The molecule has 0 aliphatic rings. The van der Waals surface area contributed by atoms with E-state index in [1.807, 2.05) is 44.2 Å². The number of amides is 1. The van der Waals surface area contributed by atoms with Gasteiger partial charge in [0.05, 0.1) is 17.9 Å². The van der Waals surface area contributed by atoms with E-state index in [-0.39, 0.29) is 5.91 Å². The Balaban J connectivity index is 1.76. The average Bonchev–Trinajstić information content (AvgIpc) is 3.09. The molecule has 0 atom stereocenters. The summed E-state index contributed by atoms with van der Waals surface area (Å²) >= 11 is 1.35. The molecule has 0 saturated carbocycles. The van der Waals surface area contributed by atoms with Crippen LogP contribution in [0, 0.1) is 6.92 Å². The smallest absolute Gasteiger partial charge is 0.338 e. The topological polar surface area (TPSA) is 68.3 Å². The third kappa shape index (κ3) is 4.60. The number of carbonyl (C=O) groups excluding carboxylic acids is 2. The van der Waals surface area contributed by atoms with Crippen molar-refractivity contribution in [1.29, 1.82) is 0 Å². The minimum Gasteiger partial charge on any atom is -0.462 e. The van der Waals surface area contributed by atoms with E-state index < -0.39 is 5.97 Å². The van der Waals surface area contributed by atoms with Crippen molar-refractivity contribution in [3.05, 3.63) is 70.7 Å². The monoisotopic (exact) mass is 380 g/mol. The number of hydrogen-bond acceptors (Lipinski definition) is 5. The van der Waals surface area contributed by atoms with Crippen LogP contribution in [0.2, 0.25) is 0 Å². The summed E-state index contributed by atoms with van der Waals surface area (Å²) in [4.78, 5) is 29.7. The lowest BCUT2D eigenvalue weighted by Crippen LogP contribution is -2.12. The first-order valence-corrected chi connectivity index (χ1v) is 9.51. The first-order chi connectivity index (χ1) is 13.1. The zero-order valence-corrected chi connectivity index (χ0v) is 16.0. The number of ether oxygens (including phenoxy) is 1. The van der Waals surface area contributed by atoms with Crippen LogP contribution in [0.5, 0.6) is 0 Å². The van der Waals surface area contributed by atoms with E-state index in [1.54, 1.807) is 24.3 Å². The molecule has 1 amide bonds. The van der Waals surface area contributed by atoms with Crippen LogP contribution in [-0.2, 0) is 4.74 Å². The lowest BCUT2D eigenvalue weighted by atomic mass is 10.2. The predicted molar refractivity (Wildman–Crippen MR) is 107 cm³/mol. The molecule has 0 saturated heterocycles. The summed E-state index contributed by atoms with van der Waals surface area (Å²) in [6.45, 7) is 4.12. The lowest BCUT2D eigenvalue weighted by Gasteiger charge is -2.07. The summed E-state index contributed by atoms with van der Waals surface area (Å²) in [5.41, 5.74) is 2.60. The standard InChI is InChI=1S/C21H20N2O3S/c1-3-12-26-21(25)16-10-7-11-17(13-16)23-19(24)18-14(2)22-20(27-18)15-8-5-4-6-9-15/h4-11,13H,3,12H2,1-2H3,(H,23,24). The Labute approximate surface area is 162 Å². The van der Waals surface area contributed by atoms with E-state index in [0.717, 1.165) is 17.0 Å². The number of thiazole rings is 1. The van der Waals surface area contributed by atoms with Crippen molar-refractivity contribution in [2.24, 2.45) is 0 Å². The summed E-state index contributed by atoms with van der Waals surface area (Å²) in [6, 6.07) is 16.5. The van der Waals surface area contributed by atoms with Gasteiger partial charge in [0, 0.05) is 11.3 Å². The summed E-state index contributed by atoms with van der Waals surface area (Å²) < 4.78 is 5.13. The average molecular weight is 380 g/mol. The fourth-order valence-electron chi connectivity index (χ4n) is 2.50. The van der Waals surface area contributed by atoms with E-state index in [4.69, 9.17) is 4.74 Å². The van der Waals surface area contributed by atoms with Gasteiger partial charge in [-0.05, 0) is 31.5 Å². The first-order valence-electron chi connectivity index (χ1n) is 8.70. The van der Waals surface area contributed by atoms with Crippen LogP contribution in [-0.4, -0.2) is 23.5 Å². The number of hydrogen-bond donors (Lipinski definition) is 1. The fourth-order valence-corrected chi connectivity index (χ4v) is 3.47. The molecule has 138 valence electrons. The second kappa shape index (κ2) is 8.60. The van der Waals surface area contributed by atoms with Gasteiger partial charge >= 0.3 is 5.97 Å². The Morgan fingerprint density at radius 3 is 2.63 bits per heavy atom. The lowest BCUT2D eigenvalue weighted by molar-refractivity contribution is 0.0505. The van der Waals surface area contributed by atoms with E-state index >= 15 is 0 Å². The van der Waals surface area contributed by atoms with Crippen molar-refractivity contribution < 1.29 is 14.3 Å². The minimum absolute atomic E-state index is 0.244. The Kier molecular flexibility index (Phi) is 5.98. The molecule has 0 spiro atoms. The molecule has 6 heteroatoms. The summed E-state index contributed by atoms with van der Waals surface area (Å²) in [6.07, 6.45) is 0.760. The van der Waals surface area contributed by atoms with Gasteiger partial charge in [-0.15, -0.1) is 11.3 Å². The van der Waals surface area contributed by atoms with Gasteiger partial charge in [-0.25, -0.2) is 9.78 Å². The van der Waals surface area contributed by atoms with Gasteiger partial charge in [0.1, 0.15) is 9.88 Å². The van der Waals surface area contributed by atoms with Crippen LogP contribution >= 0.6 is 11.3 Å². The normalized spacial score (nSPS) is 10.4. The van der Waals surface area contributed by atoms with Gasteiger partial charge in [0.2, 0.25) is 0 Å². The fraction of sp³-hybridized carbons (Fsp3) is 0.190. The number of carbonyl (C=O) groups is 2. The Morgan fingerprint density at radius 2 is 1.89 bits per heavy atom. The SMILES string of the molecule is CCCOC(=O)c1cccc(NC(=O)c2sc(-c3ccccc3)nc2C)c1. The molecule has 1 N–H and O–H groups in total. The largest absolute Gasteiger partial charge is 0.462 e. The highest BCUT2D eigenvalue weighted by Gasteiger charge is 2.17. The predicted octanol–water partition coefficient (Wildman–Crippen LogP) is 4.94. The Hall–Kier alpha value is -2.99. The number of esters is 1. The zero-order chi connectivity index (χ0) is 19.2. The highest BCUT2D eigenvalue weighted by molar-refractivity contribution is 7.17. The Bertz CT molecular complexity index is 951. The highest BCUT2D eigenvalue weighted by Crippen LogP contribution is 2.28. The molecule has 0 fully saturated rings. The van der Waals surface area contributed by atoms with E-state index in [0.29, 0.717) is 28.4 Å². The van der Waals surface area contributed by atoms with Gasteiger partial charge in [-0.1, -0.05) is 43.3 Å². The second-order valence-electron chi connectivity index (χ2n) is 5.97. The van der Waals surface area contributed by atoms with Gasteiger partial charge in [-0.3, -0.25) is 4.79 Å². The minimum atomic E-state index is -0.395. The number of aryl methyl sites for hydroxylation is 1. The van der Waals surface area contributed by atoms with Crippen LogP contribution in [0.1, 0.15) is 39.1 Å². The summed E-state index contributed by atoms with van der Waals surface area (Å²) in [5.74, 6) is -0.639. The second-order valence-corrected chi connectivity index (χ2v) is 6.97. The maximum atomic E-state index is 12.7. The van der Waals surface area contributed by atoms with Crippen molar-refractivity contribution in [2.75, 3.05) is 11.9 Å². The summed E-state index contributed by atoms with van der Waals surface area (Å²) in [5, 5.41) is 3.64. The molecule has 0 bridgehead atoms. The number of nitrogens with zero attached hydrogens (tertiary/aromatic N) is 1. The number of benzene rings is 2. The third-order valence-electron chi connectivity index (χ3n) is 3.82. The first kappa shape index (κ1) is 18.8. The maximum absolute atomic E-state index is 12.7. The molecule has 27 heavy (non-hydrogen) atoms. The van der Waals surface area contributed by atoms with Crippen LogP contribution in [0.3, 0.4) is 0 Å². The van der Waals surface area contributed by atoms with E-state index in [2.05, 4.69) is 10.3 Å². The highest BCUT2D eigenvalue weighted by atomic mass is 32.1. The van der Waals surface area contributed by atoms with Crippen molar-refractivity contribution in [2.45, 2.75) is 20.3 Å². The molecule has 1 heterocycles. The summed E-state index contributed by atoms with van der Waals surface area (Å²) in [7, 11) is 0. The molecule has 0 unspecified atom stereocenters. The van der Waals surface area contributed by atoms with Crippen LogP contribution in [0.25, 0.3) is 10.6 Å². The molecule has 3 aromatic rings. The maximum Gasteiger partial charge on any atom is 0.338 e. The van der Waals surface area contributed by atoms with Gasteiger partial charge in [0.25, 0.3) is 5.91 Å². The molecule has 1 aromatic heterocycles. The number of aromatic nitrogens is 1. The van der Waals surface area contributed by atoms with Crippen molar-refractivity contribution >= 4 is 28.9 Å². The molecular weight excluding hydrogens is 360 g/mol. The molecule has 0 aliphatic heterocycles. The number of nitrogens with one attached hydrogen (secondary N) is 1. The molecule has 3 rings (SSSR count). The Morgan fingerprint density at radius 1 is 1.11 bits per heavy atom. The molecule has 0 aliphatic carbocycles. The van der Waals surface area contributed by atoms with Gasteiger partial charge < -0.3 is 10.1 Å². The van der Waals surface area contributed by atoms with Gasteiger partial charge in [0.15, 0.2) is 0 Å². The third-order valence-corrected chi connectivity index (χ3v) is 5.02. The molecule has 2 aromatic carbocycles. The van der Waals surface area contributed by atoms with E-state index in [9.17, 15) is 9.59 Å². The van der Waals surface area contributed by atoms with Crippen LogP contribution in [0.15, 0.2) is 54.6 Å². The van der Waals surface area contributed by atoms with Crippen molar-refractivity contribution in [3.63, 3.8) is 0 Å². The molecular formula is C21H20N2O3S. The zero-order valence-electron chi connectivity index (χ0n) is 15.2. The number of rotatable bonds is 6. The van der Waals surface area contributed by atoms with Gasteiger partial charge in [-0.2, -0.15) is 0 Å². The van der Waals surface area contributed by atoms with Crippen molar-refractivity contribution in [1.82, 2.24) is 4.98 Å². The quantitative estimate of drug-likeness (QED) is 0.615.